The number of aromatic nitrogens is 2. The minimum atomic E-state index is -0.676. The smallest absolute Gasteiger partial charge is 0.266 e. The monoisotopic (exact) mass is 433 g/mol. The van der Waals surface area contributed by atoms with Crippen molar-refractivity contribution in [2.45, 2.75) is 19.6 Å². The van der Waals surface area contributed by atoms with E-state index < -0.39 is 6.10 Å². The summed E-state index contributed by atoms with van der Waals surface area (Å²) in [5, 5.41) is 7.68. The van der Waals surface area contributed by atoms with Crippen LogP contribution in [0.1, 0.15) is 12.5 Å². The number of carbonyl (C=O) groups is 1. The molecular formula is C19H17BrClN3O2. The number of nitrogens with zero attached hydrogens (tertiary/aromatic N) is 2. The second-order valence-electron chi connectivity index (χ2n) is 5.71. The molecule has 5 nitrogen and oxygen atoms in total. The summed E-state index contributed by atoms with van der Waals surface area (Å²) in [5.41, 5.74) is 1.08. The number of ether oxygens (including phenoxy) is 1. The highest BCUT2D eigenvalue weighted by atomic mass is 79.9. The zero-order chi connectivity index (χ0) is 18.5. The topological polar surface area (TPSA) is 56.1 Å². The molecule has 2 aromatic carbocycles. The Labute approximate surface area is 165 Å². The number of rotatable bonds is 6. The fourth-order valence-electron chi connectivity index (χ4n) is 2.35. The molecule has 0 saturated heterocycles. The molecular weight excluding hydrogens is 418 g/mol. The molecule has 1 amide bonds. The number of amides is 1. The first-order valence-electron chi connectivity index (χ1n) is 8.00. The first-order chi connectivity index (χ1) is 12.5. The second kappa shape index (κ2) is 8.38. The zero-order valence-electron chi connectivity index (χ0n) is 14.0. The molecule has 1 unspecified atom stereocenters. The number of hydrogen-bond acceptors (Lipinski definition) is 3. The molecule has 0 bridgehead atoms. The minimum Gasteiger partial charge on any atom is -0.481 e. The first kappa shape index (κ1) is 18.5. The maximum atomic E-state index is 12.4. The number of anilines is 1. The number of carbonyl (C=O) groups excluding carboxylic acids is 1. The summed E-state index contributed by atoms with van der Waals surface area (Å²) in [4.78, 5) is 12.4. The largest absolute Gasteiger partial charge is 0.481 e. The van der Waals surface area contributed by atoms with Gasteiger partial charge in [0.2, 0.25) is 0 Å². The molecule has 1 aromatic heterocycles. The maximum Gasteiger partial charge on any atom is 0.266 e. The number of benzene rings is 2. The summed E-state index contributed by atoms with van der Waals surface area (Å²) in [6.45, 7) is 2.24. The fraction of sp³-hybridized carbons (Fsp3) is 0.158. The number of halogens is 2. The van der Waals surface area contributed by atoms with E-state index in [4.69, 9.17) is 16.3 Å². The average Bonchev–Trinajstić information content (AvgIpc) is 3.03. The van der Waals surface area contributed by atoms with Crippen LogP contribution in [-0.2, 0) is 11.3 Å². The van der Waals surface area contributed by atoms with Crippen LogP contribution in [0.4, 0.5) is 5.82 Å². The van der Waals surface area contributed by atoms with Crippen LogP contribution in [0.15, 0.2) is 65.3 Å². The lowest BCUT2D eigenvalue weighted by atomic mass is 10.2. The van der Waals surface area contributed by atoms with Crippen molar-refractivity contribution in [3.63, 3.8) is 0 Å². The van der Waals surface area contributed by atoms with Crippen molar-refractivity contribution >= 4 is 39.3 Å². The Balaban J connectivity index is 1.64. The van der Waals surface area contributed by atoms with Gasteiger partial charge in [0.05, 0.1) is 12.7 Å². The molecule has 1 N–H and O–H groups in total. The van der Waals surface area contributed by atoms with Gasteiger partial charge in [-0.15, -0.1) is 0 Å². The van der Waals surface area contributed by atoms with E-state index in [0.717, 1.165) is 10.0 Å². The Morgan fingerprint density at radius 3 is 2.77 bits per heavy atom. The molecule has 0 spiro atoms. The van der Waals surface area contributed by atoms with E-state index in [1.807, 2.05) is 24.3 Å². The van der Waals surface area contributed by atoms with E-state index in [0.29, 0.717) is 23.1 Å². The molecule has 134 valence electrons. The lowest BCUT2D eigenvalue weighted by Gasteiger charge is -2.15. The van der Waals surface area contributed by atoms with E-state index in [2.05, 4.69) is 26.3 Å². The Morgan fingerprint density at radius 2 is 2.04 bits per heavy atom. The van der Waals surface area contributed by atoms with Crippen molar-refractivity contribution in [1.82, 2.24) is 9.78 Å². The number of nitrogens with one attached hydrogen (secondary N) is 1. The third kappa shape index (κ3) is 4.86. The van der Waals surface area contributed by atoms with Gasteiger partial charge >= 0.3 is 0 Å². The predicted molar refractivity (Wildman–Crippen MR) is 106 cm³/mol. The van der Waals surface area contributed by atoms with Crippen LogP contribution in [0.2, 0.25) is 5.02 Å². The van der Waals surface area contributed by atoms with Crippen molar-refractivity contribution in [2.75, 3.05) is 5.32 Å². The van der Waals surface area contributed by atoms with Crippen molar-refractivity contribution in [3.05, 3.63) is 75.9 Å². The molecule has 1 heterocycles. The summed E-state index contributed by atoms with van der Waals surface area (Å²) in [5.74, 6) is 0.894. The molecule has 26 heavy (non-hydrogen) atoms. The van der Waals surface area contributed by atoms with Crippen LogP contribution in [0.3, 0.4) is 0 Å². The molecule has 0 aliphatic rings. The third-order valence-electron chi connectivity index (χ3n) is 3.69. The van der Waals surface area contributed by atoms with Crippen molar-refractivity contribution < 1.29 is 9.53 Å². The third-order valence-corrected chi connectivity index (χ3v) is 4.46. The van der Waals surface area contributed by atoms with Crippen LogP contribution in [-0.4, -0.2) is 21.8 Å². The molecule has 0 fully saturated rings. The van der Waals surface area contributed by atoms with Crippen LogP contribution >= 0.6 is 27.5 Å². The molecule has 1 atom stereocenters. The van der Waals surface area contributed by atoms with Crippen molar-refractivity contribution in [2.24, 2.45) is 0 Å². The van der Waals surface area contributed by atoms with Gasteiger partial charge in [-0.25, -0.2) is 4.68 Å². The Kier molecular flexibility index (Phi) is 5.96. The number of hydrogen-bond donors (Lipinski definition) is 1. The standard InChI is InChI=1S/C19H17BrClN3O2/c1-13(26-17-4-2-3-16(21)11-17)19(25)23-18-9-10-22-24(18)12-14-5-7-15(20)8-6-14/h2-11,13H,12H2,1H3,(H,23,25). The quantitative estimate of drug-likeness (QED) is 0.609. The Morgan fingerprint density at radius 1 is 1.27 bits per heavy atom. The SMILES string of the molecule is CC(Oc1cccc(Cl)c1)C(=O)Nc1ccnn1Cc1ccc(Br)cc1. The van der Waals surface area contributed by atoms with Gasteiger partial charge < -0.3 is 10.1 Å². The minimum absolute atomic E-state index is 0.262. The zero-order valence-corrected chi connectivity index (χ0v) is 16.4. The molecule has 7 heteroatoms. The van der Waals surface area contributed by atoms with Gasteiger partial charge in [-0.1, -0.05) is 45.7 Å². The van der Waals surface area contributed by atoms with Crippen LogP contribution in [0, 0.1) is 0 Å². The summed E-state index contributed by atoms with van der Waals surface area (Å²) in [6, 6.07) is 16.6. The molecule has 0 aliphatic heterocycles. The van der Waals surface area contributed by atoms with E-state index >= 15 is 0 Å². The Hall–Kier alpha value is -2.31. The second-order valence-corrected chi connectivity index (χ2v) is 7.06. The first-order valence-corrected chi connectivity index (χ1v) is 9.18. The van der Waals surface area contributed by atoms with E-state index in [-0.39, 0.29) is 5.91 Å². The maximum absolute atomic E-state index is 12.4. The molecule has 0 saturated carbocycles. The molecule has 0 aliphatic carbocycles. The molecule has 3 rings (SSSR count). The van der Waals surface area contributed by atoms with E-state index in [1.165, 1.54) is 0 Å². The highest BCUT2D eigenvalue weighted by molar-refractivity contribution is 9.10. The van der Waals surface area contributed by atoms with E-state index in [1.54, 1.807) is 48.1 Å². The lowest BCUT2D eigenvalue weighted by Crippen LogP contribution is -2.31. The van der Waals surface area contributed by atoms with Gasteiger partial charge in [0.25, 0.3) is 5.91 Å². The fourth-order valence-corrected chi connectivity index (χ4v) is 2.80. The lowest BCUT2D eigenvalue weighted by molar-refractivity contribution is -0.122. The van der Waals surface area contributed by atoms with Crippen LogP contribution in [0.5, 0.6) is 5.75 Å². The summed E-state index contributed by atoms with van der Waals surface area (Å²) < 4.78 is 8.39. The van der Waals surface area contributed by atoms with Gasteiger partial charge in [0.1, 0.15) is 11.6 Å². The van der Waals surface area contributed by atoms with Crippen molar-refractivity contribution in [3.8, 4) is 5.75 Å². The summed E-state index contributed by atoms with van der Waals surface area (Å²) in [7, 11) is 0. The normalized spacial score (nSPS) is 11.8. The predicted octanol–water partition coefficient (Wildman–Crippen LogP) is 4.75. The Bertz CT molecular complexity index is 896. The van der Waals surface area contributed by atoms with E-state index in [9.17, 15) is 4.79 Å². The molecule has 0 radical (unpaired) electrons. The van der Waals surface area contributed by atoms with Gasteiger partial charge in [-0.2, -0.15) is 5.10 Å². The van der Waals surface area contributed by atoms with Crippen LogP contribution in [0.25, 0.3) is 0 Å². The van der Waals surface area contributed by atoms with Gasteiger partial charge in [0.15, 0.2) is 6.10 Å². The van der Waals surface area contributed by atoms with Gasteiger partial charge in [-0.05, 0) is 42.8 Å². The average molecular weight is 435 g/mol. The van der Waals surface area contributed by atoms with Gasteiger partial charge in [0, 0.05) is 15.6 Å². The van der Waals surface area contributed by atoms with Gasteiger partial charge in [-0.3, -0.25) is 4.79 Å². The highest BCUT2D eigenvalue weighted by Gasteiger charge is 2.17. The summed E-state index contributed by atoms with van der Waals surface area (Å²) in [6.07, 6.45) is 0.973. The molecule has 3 aromatic rings. The van der Waals surface area contributed by atoms with Crippen molar-refractivity contribution in [1.29, 1.82) is 0 Å². The summed E-state index contributed by atoms with van der Waals surface area (Å²) >= 11 is 9.35. The highest BCUT2D eigenvalue weighted by Crippen LogP contribution is 2.19. The van der Waals surface area contributed by atoms with Crippen LogP contribution < -0.4 is 10.1 Å².